The van der Waals surface area contributed by atoms with Crippen LogP contribution in [0.4, 0.5) is 23.4 Å². The fourth-order valence-electron chi connectivity index (χ4n) is 1.37. The number of anilines is 1. The number of amides is 1. The van der Waals surface area contributed by atoms with Crippen LogP contribution >= 0.6 is 0 Å². The summed E-state index contributed by atoms with van der Waals surface area (Å²) in [5.74, 6) is -3.17. The lowest BCUT2D eigenvalue weighted by Gasteiger charge is -2.08. The Hall–Kier alpha value is -2.18. The molecule has 0 radical (unpaired) electrons. The summed E-state index contributed by atoms with van der Waals surface area (Å²) in [5.41, 5.74) is -0.0996. The summed E-state index contributed by atoms with van der Waals surface area (Å²) in [6.07, 6.45) is -5.01. The Bertz CT molecular complexity index is 610. The van der Waals surface area contributed by atoms with E-state index in [1.54, 1.807) is 11.4 Å². The smallest absolute Gasteiger partial charge is 0.303 e. The molecule has 1 aromatic heterocycles. The molecule has 7 heteroatoms. The number of pyridine rings is 1. The molecule has 1 amide bonds. The number of aromatic nitrogens is 1. The van der Waals surface area contributed by atoms with Gasteiger partial charge in [0, 0.05) is 5.39 Å². The zero-order chi connectivity index (χ0) is 13.3. The van der Waals surface area contributed by atoms with Crippen molar-refractivity contribution >= 4 is 22.6 Å². The summed E-state index contributed by atoms with van der Waals surface area (Å²) in [6, 6.07) is 6.68. The lowest BCUT2D eigenvalue weighted by molar-refractivity contribution is -0.167. The van der Waals surface area contributed by atoms with E-state index in [2.05, 4.69) is 4.98 Å². The minimum absolute atomic E-state index is 0.0996. The van der Waals surface area contributed by atoms with Crippen molar-refractivity contribution in [1.82, 2.24) is 4.98 Å². The summed E-state index contributed by atoms with van der Waals surface area (Å²) in [7, 11) is 0. The van der Waals surface area contributed by atoms with Crippen molar-refractivity contribution in [2.75, 3.05) is 5.32 Å². The molecule has 0 aliphatic rings. The molecule has 0 saturated heterocycles. The van der Waals surface area contributed by atoms with E-state index in [1.807, 2.05) is 0 Å². The van der Waals surface area contributed by atoms with Crippen LogP contribution in [0.15, 0.2) is 30.3 Å². The van der Waals surface area contributed by atoms with Gasteiger partial charge in [-0.1, -0.05) is 12.1 Å². The summed E-state index contributed by atoms with van der Waals surface area (Å²) in [4.78, 5) is 14.3. The van der Waals surface area contributed by atoms with Gasteiger partial charge in [0.05, 0.1) is 0 Å². The van der Waals surface area contributed by atoms with Crippen molar-refractivity contribution in [2.24, 2.45) is 0 Å². The number of para-hydroxylation sites is 1. The molecule has 18 heavy (non-hydrogen) atoms. The Labute approximate surface area is 98.4 Å². The second-order valence-electron chi connectivity index (χ2n) is 3.46. The molecule has 0 saturated carbocycles. The first-order valence-corrected chi connectivity index (χ1v) is 4.81. The maximum atomic E-state index is 13.3. The monoisotopic (exact) mass is 258 g/mol. The number of hydrogen-bond acceptors (Lipinski definition) is 2. The number of carbonyl (C=O) groups excluding carboxylic acids is 1. The SMILES string of the molecule is O=C(Nc1ccc2cccc(F)c2n1)C(F)(F)F. The normalized spacial score (nSPS) is 11.6. The number of nitrogens with zero attached hydrogens (tertiary/aromatic N) is 1. The molecule has 0 aliphatic heterocycles. The third-order valence-corrected chi connectivity index (χ3v) is 2.17. The zero-order valence-electron chi connectivity index (χ0n) is 8.75. The molecule has 1 N–H and O–H groups in total. The zero-order valence-corrected chi connectivity index (χ0v) is 8.75. The molecule has 0 aliphatic carbocycles. The number of carbonyl (C=O) groups is 1. The minimum Gasteiger partial charge on any atom is -0.303 e. The lowest BCUT2D eigenvalue weighted by atomic mass is 10.2. The standard InChI is InChI=1S/C11H6F4N2O/c12-7-3-1-2-6-4-5-8(16-9(6)7)17-10(18)11(13,14)15/h1-5H,(H,16,17,18). The fourth-order valence-corrected chi connectivity index (χ4v) is 1.37. The van der Waals surface area contributed by atoms with Crippen LogP contribution in [0.3, 0.4) is 0 Å². The van der Waals surface area contributed by atoms with Gasteiger partial charge in [-0.2, -0.15) is 13.2 Å². The van der Waals surface area contributed by atoms with E-state index in [9.17, 15) is 22.4 Å². The van der Waals surface area contributed by atoms with Gasteiger partial charge in [-0.25, -0.2) is 9.37 Å². The van der Waals surface area contributed by atoms with Crippen molar-refractivity contribution in [3.63, 3.8) is 0 Å². The quantitative estimate of drug-likeness (QED) is 0.799. The molecular formula is C11H6F4N2O. The summed E-state index contributed by atoms with van der Waals surface area (Å²) in [5, 5.41) is 1.99. The number of nitrogens with one attached hydrogen (secondary N) is 1. The highest BCUT2D eigenvalue weighted by Crippen LogP contribution is 2.20. The van der Waals surface area contributed by atoms with E-state index < -0.39 is 17.9 Å². The van der Waals surface area contributed by atoms with Gasteiger partial charge in [0.25, 0.3) is 0 Å². The Balaban J connectivity index is 2.36. The molecule has 1 heterocycles. The second kappa shape index (κ2) is 4.25. The van der Waals surface area contributed by atoms with E-state index in [1.165, 1.54) is 18.2 Å². The molecule has 0 spiro atoms. The van der Waals surface area contributed by atoms with Crippen LogP contribution in [0.2, 0.25) is 0 Å². The van der Waals surface area contributed by atoms with Crippen LogP contribution in [0.25, 0.3) is 10.9 Å². The van der Waals surface area contributed by atoms with Crippen molar-refractivity contribution in [3.05, 3.63) is 36.1 Å². The predicted octanol–water partition coefficient (Wildman–Crippen LogP) is 2.87. The van der Waals surface area contributed by atoms with E-state index >= 15 is 0 Å². The average Bonchev–Trinajstić information content (AvgIpc) is 2.29. The number of benzene rings is 1. The van der Waals surface area contributed by atoms with Gasteiger partial charge in [0.2, 0.25) is 0 Å². The van der Waals surface area contributed by atoms with Crippen LogP contribution in [0, 0.1) is 5.82 Å². The molecular weight excluding hydrogens is 252 g/mol. The highest BCUT2D eigenvalue weighted by molar-refractivity contribution is 5.95. The third-order valence-electron chi connectivity index (χ3n) is 2.17. The van der Waals surface area contributed by atoms with E-state index in [-0.39, 0.29) is 11.3 Å². The van der Waals surface area contributed by atoms with E-state index in [0.717, 1.165) is 6.07 Å². The third kappa shape index (κ3) is 2.39. The van der Waals surface area contributed by atoms with Crippen molar-refractivity contribution < 1.29 is 22.4 Å². The Morgan fingerprint density at radius 1 is 1.17 bits per heavy atom. The first-order valence-electron chi connectivity index (χ1n) is 4.81. The highest BCUT2D eigenvalue weighted by Gasteiger charge is 2.38. The van der Waals surface area contributed by atoms with Gasteiger partial charge in [0.15, 0.2) is 0 Å². The van der Waals surface area contributed by atoms with Gasteiger partial charge in [-0.15, -0.1) is 0 Å². The largest absolute Gasteiger partial charge is 0.471 e. The molecule has 0 fully saturated rings. The fraction of sp³-hybridized carbons (Fsp3) is 0.0909. The maximum Gasteiger partial charge on any atom is 0.471 e. The number of alkyl halides is 3. The van der Waals surface area contributed by atoms with Gasteiger partial charge >= 0.3 is 12.1 Å². The highest BCUT2D eigenvalue weighted by atomic mass is 19.4. The summed E-state index contributed by atoms with van der Waals surface area (Å²) < 4.78 is 49.4. The second-order valence-corrected chi connectivity index (χ2v) is 3.46. The number of fused-ring (bicyclic) bond motifs is 1. The topological polar surface area (TPSA) is 42.0 Å². The average molecular weight is 258 g/mol. The summed E-state index contributed by atoms with van der Waals surface area (Å²) >= 11 is 0. The van der Waals surface area contributed by atoms with Gasteiger partial charge in [-0.05, 0) is 18.2 Å². The van der Waals surface area contributed by atoms with E-state index in [4.69, 9.17) is 0 Å². The van der Waals surface area contributed by atoms with Crippen molar-refractivity contribution in [3.8, 4) is 0 Å². The molecule has 0 bridgehead atoms. The maximum absolute atomic E-state index is 13.3. The van der Waals surface area contributed by atoms with Crippen molar-refractivity contribution in [2.45, 2.75) is 6.18 Å². The van der Waals surface area contributed by atoms with Crippen LogP contribution in [-0.4, -0.2) is 17.1 Å². The van der Waals surface area contributed by atoms with Crippen LogP contribution in [0.5, 0.6) is 0 Å². The number of halogens is 4. The molecule has 1 aromatic carbocycles. The molecule has 94 valence electrons. The molecule has 2 rings (SSSR count). The molecule has 0 atom stereocenters. The molecule has 2 aromatic rings. The minimum atomic E-state index is -5.01. The number of hydrogen-bond donors (Lipinski definition) is 1. The Kier molecular flexibility index (Phi) is 2.90. The Morgan fingerprint density at radius 3 is 2.56 bits per heavy atom. The summed E-state index contributed by atoms with van der Waals surface area (Å²) in [6.45, 7) is 0. The number of rotatable bonds is 1. The molecule has 3 nitrogen and oxygen atoms in total. The van der Waals surface area contributed by atoms with Gasteiger partial charge in [0.1, 0.15) is 17.2 Å². The predicted molar refractivity (Wildman–Crippen MR) is 56.4 cm³/mol. The van der Waals surface area contributed by atoms with Crippen LogP contribution in [0.1, 0.15) is 0 Å². The Morgan fingerprint density at radius 2 is 1.89 bits per heavy atom. The lowest BCUT2D eigenvalue weighted by Crippen LogP contribution is -2.30. The van der Waals surface area contributed by atoms with Crippen LogP contribution in [-0.2, 0) is 4.79 Å². The first kappa shape index (κ1) is 12.3. The van der Waals surface area contributed by atoms with Crippen molar-refractivity contribution in [1.29, 1.82) is 0 Å². The van der Waals surface area contributed by atoms with Gasteiger partial charge in [-0.3, -0.25) is 4.79 Å². The first-order chi connectivity index (χ1) is 8.38. The van der Waals surface area contributed by atoms with Crippen LogP contribution < -0.4 is 5.32 Å². The molecule has 0 unspecified atom stereocenters. The van der Waals surface area contributed by atoms with E-state index in [0.29, 0.717) is 5.39 Å². The van der Waals surface area contributed by atoms with Gasteiger partial charge < -0.3 is 5.32 Å².